The fourth-order valence-corrected chi connectivity index (χ4v) is 1.77. The molecule has 2 rings (SSSR count). The Morgan fingerprint density at radius 2 is 1.94 bits per heavy atom. The highest BCUT2D eigenvalue weighted by Crippen LogP contribution is 2.33. The Morgan fingerprint density at radius 1 is 1.24 bits per heavy atom. The Bertz CT molecular complexity index is 552. The molecule has 0 fully saturated rings. The molecule has 1 aromatic carbocycles. The Morgan fingerprint density at radius 3 is 2.53 bits per heavy atom. The molecule has 0 radical (unpaired) electrons. The summed E-state index contributed by atoms with van der Waals surface area (Å²) in [6.45, 7) is 0. The van der Waals surface area contributed by atoms with Crippen molar-refractivity contribution in [3.05, 3.63) is 53.1 Å². The summed E-state index contributed by atoms with van der Waals surface area (Å²) in [4.78, 5) is 0. The van der Waals surface area contributed by atoms with Crippen LogP contribution < -0.4 is 0 Å². The summed E-state index contributed by atoms with van der Waals surface area (Å²) in [5, 5.41) is 8.55. The lowest BCUT2D eigenvalue weighted by atomic mass is 9.91. The molecule has 1 atom stereocenters. The Balaban J connectivity index is 2.48. The maximum Gasteiger partial charge on any atom is 0.142 e. The van der Waals surface area contributed by atoms with E-state index >= 15 is 0 Å². The smallest absolute Gasteiger partial charge is 0.142 e. The quantitative estimate of drug-likeness (QED) is 0.728. The van der Waals surface area contributed by atoms with Crippen LogP contribution in [0.25, 0.3) is 5.57 Å². The highest BCUT2D eigenvalue weighted by Gasteiger charge is 2.25. The van der Waals surface area contributed by atoms with Crippen molar-refractivity contribution in [3.63, 3.8) is 0 Å². The van der Waals surface area contributed by atoms with Crippen LogP contribution in [0.4, 0.5) is 13.2 Å². The first kappa shape index (κ1) is 11.5. The van der Waals surface area contributed by atoms with E-state index in [1.165, 1.54) is 24.3 Å². The third-order valence-electron chi connectivity index (χ3n) is 2.61. The van der Waals surface area contributed by atoms with Crippen molar-refractivity contribution < 1.29 is 13.2 Å². The second-order valence-corrected chi connectivity index (χ2v) is 3.69. The Hall–Kier alpha value is -2.02. The van der Waals surface area contributed by atoms with Gasteiger partial charge in [0, 0.05) is 12.0 Å². The highest BCUT2D eigenvalue weighted by molar-refractivity contribution is 5.71. The van der Waals surface area contributed by atoms with Crippen LogP contribution in [0.1, 0.15) is 12.0 Å². The van der Waals surface area contributed by atoms with Crippen molar-refractivity contribution >= 4 is 5.57 Å². The molecule has 0 N–H and O–H groups in total. The molecule has 0 spiro atoms. The van der Waals surface area contributed by atoms with Gasteiger partial charge >= 0.3 is 0 Å². The van der Waals surface area contributed by atoms with E-state index in [1.807, 2.05) is 0 Å². The zero-order valence-electron chi connectivity index (χ0n) is 8.75. The van der Waals surface area contributed by atoms with Gasteiger partial charge in [-0.2, -0.15) is 5.26 Å². The first-order chi connectivity index (χ1) is 8.13. The number of hydrogen-bond acceptors (Lipinski definition) is 1. The zero-order chi connectivity index (χ0) is 12.4. The topological polar surface area (TPSA) is 23.8 Å². The lowest BCUT2D eigenvalue weighted by Crippen LogP contribution is -2.10. The number of rotatable bonds is 1. The van der Waals surface area contributed by atoms with Gasteiger partial charge in [-0.15, -0.1) is 0 Å². The van der Waals surface area contributed by atoms with Gasteiger partial charge in [0.05, 0.1) is 5.57 Å². The molecule has 0 aromatic heterocycles. The number of allylic oxidation sites excluding steroid dienone is 4. The number of benzene rings is 1. The van der Waals surface area contributed by atoms with Gasteiger partial charge in [-0.1, -0.05) is 18.2 Å². The summed E-state index contributed by atoms with van der Waals surface area (Å²) < 4.78 is 40.3. The fourth-order valence-electron chi connectivity index (χ4n) is 1.77. The van der Waals surface area contributed by atoms with Crippen molar-refractivity contribution in [3.8, 4) is 6.07 Å². The average molecular weight is 235 g/mol. The summed E-state index contributed by atoms with van der Waals surface area (Å²) in [6, 6.07) is 7.26. The summed E-state index contributed by atoms with van der Waals surface area (Å²) in [5.74, 6) is -1.45. The SMILES string of the molecule is N#CC1=C(F)C=C(c2ccccc2F)CC1F. The summed E-state index contributed by atoms with van der Waals surface area (Å²) >= 11 is 0. The minimum Gasteiger partial charge on any atom is -0.241 e. The van der Waals surface area contributed by atoms with E-state index in [-0.39, 0.29) is 17.6 Å². The number of halogens is 3. The maximum absolute atomic E-state index is 13.5. The van der Waals surface area contributed by atoms with Gasteiger partial charge in [-0.25, -0.2) is 13.2 Å². The molecule has 17 heavy (non-hydrogen) atoms. The van der Waals surface area contributed by atoms with Crippen molar-refractivity contribution in [1.82, 2.24) is 0 Å². The highest BCUT2D eigenvalue weighted by atomic mass is 19.1. The molecule has 0 heterocycles. The molecule has 86 valence electrons. The minimum atomic E-state index is -1.71. The molecule has 1 unspecified atom stereocenters. The number of alkyl halides is 1. The molecule has 0 saturated heterocycles. The van der Waals surface area contributed by atoms with Crippen LogP contribution in [-0.2, 0) is 0 Å². The van der Waals surface area contributed by atoms with Crippen LogP contribution >= 0.6 is 0 Å². The van der Waals surface area contributed by atoms with Crippen LogP contribution in [0, 0.1) is 17.1 Å². The average Bonchev–Trinajstić information content (AvgIpc) is 2.29. The van der Waals surface area contributed by atoms with E-state index < -0.39 is 23.4 Å². The molecule has 1 aliphatic carbocycles. The van der Waals surface area contributed by atoms with Crippen LogP contribution in [0.2, 0.25) is 0 Å². The lowest BCUT2D eigenvalue weighted by molar-refractivity contribution is 0.384. The molecule has 4 heteroatoms. The number of nitrogens with zero attached hydrogens (tertiary/aromatic N) is 1. The largest absolute Gasteiger partial charge is 0.241 e. The van der Waals surface area contributed by atoms with Gasteiger partial charge < -0.3 is 0 Å². The van der Waals surface area contributed by atoms with Gasteiger partial charge in [0.1, 0.15) is 23.9 Å². The summed E-state index contributed by atoms with van der Waals surface area (Å²) in [5.41, 5.74) is -0.125. The van der Waals surface area contributed by atoms with Crippen molar-refractivity contribution in [2.24, 2.45) is 0 Å². The fraction of sp³-hybridized carbons (Fsp3) is 0.154. The van der Waals surface area contributed by atoms with E-state index in [1.54, 1.807) is 6.07 Å². The van der Waals surface area contributed by atoms with E-state index in [2.05, 4.69) is 0 Å². The third-order valence-corrected chi connectivity index (χ3v) is 2.61. The van der Waals surface area contributed by atoms with Crippen LogP contribution in [0.5, 0.6) is 0 Å². The summed E-state index contributed by atoms with van der Waals surface area (Å²) in [7, 11) is 0. The Kier molecular flexibility index (Phi) is 3.01. The maximum atomic E-state index is 13.5. The summed E-state index contributed by atoms with van der Waals surface area (Å²) in [6.07, 6.45) is -0.871. The minimum absolute atomic E-state index is 0.169. The predicted molar refractivity (Wildman–Crippen MR) is 57.6 cm³/mol. The number of nitriles is 1. The predicted octanol–water partition coefficient (Wildman–Crippen LogP) is 3.70. The monoisotopic (exact) mass is 235 g/mol. The number of hydrogen-bond donors (Lipinski definition) is 0. The van der Waals surface area contributed by atoms with E-state index in [0.717, 1.165) is 6.08 Å². The molecule has 0 amide bonds. The van der Waals surface area contributed by atoms with E-state index in [9.17, 15) is 13.2 Å². The first-order valence-corrected chi connectivity index (χ1v) is 5.02. The van der Waals surface area contributed by atoms with Crippen molar-refractivity contribution in [1.29, 1.82) is 5.26 Å². The molecular formula is C13H8F3N. The van der Waals surface area contributed by atoms with E-state index in [0.29, 0.717) is 0 Å². The molecule has 0 aliphatic heterocycles. The molecular weight excluding hydrogens is 227 g/mol. The van der Waals surface area contributed by atoms with Crippen molar-refractivity contribution in [2.45, 2.75) is 12.6 Å². The molecule has 1 aromatic rings. The van der Waals surface area contributed by atoms with E-state index in [4.69, 9.17) is 5.26 Å². The van der Waals surface area contributed by atoms with Crippen LogP contribution in [0.3, 0.4) is 0 Å². The second kappa shape index (κ2) is 4.46. The zero-order valence-corrected chi connectivity index (χ0v) is 8.75. The van der Waals surface area contributed by atoms with Crippen LogP contribution in [0.15, 0.2) is 41.7 Å². The standard InChI is InChI=1S/C13H8F3N/c14-11-4-2-1-3-9(11)8-5-12(15)10(7-17)13(16)6-8/h1-5,13H,6H2. The lowest BCUT2D eigenvalue weighted by Gasteiger charge is -2.16. The van der Waals surface area contributed by atoms with Gasteiger partial charge in [-0.3, -0.25) is 0 Å². The van der Waals surface area contributed by atoms with Gasteiger partial charge in [0.15, 0.2) is 0 Å². The van der Waals surface area contributed by atoms with Crippen LogP contribution in [-0.4, -0.2) is 6.17 Å². The third kappa shape index (κ3) is 2.09. The van der Waals surface area contributed by atoms with Gasteiger partial charge in [0.2, 0.25) is 0 Å². The molecule has 1 aliphatic rings. The van der Waals surface area contributed by atoms with Gasteiger partial charge in [0.25, 0.3) is 0 Å². The molecule has 0 bridgehead atoms. The molecule has 1 nitrogen and oxygen atoms in total. The van der Waals surface area contributed by atoms with Gasteiger partial charge in [-0.05, 0) is 17.7 Å². The Labute approximate surface area is 96.5 Å². The normalized spacial score (nSPS) is 19.9. The second-order valence-electron chi connectivity index (χ2n) is 3.69. The van der Waals surface area contributed by atoms with Crippen molar-refractivity contribution in [2.75, 3.05) is 0 Å². The molecule has 0 saturated carbocycles. The first-order valence-electron chi connectivity index (χ1n) is 5.02.